The first-order valence-corrected chi connectivity index (χ1v) is 5.25. The van der Waals surface area contributed by atoms with E-state index in [4.69, 9.17) is 9.47 Å². The smallest absolute Gasteiger partial charge is 0.412 e. The summed E-state index contributed by atoms with van der Waals surface area (Å²) in [4.78, 5) is 12.5. The minimum absolute atomic E-state index is 0.187. The molecule has 17 heavy (non-hydrogen) atoms. The maximum atomic E-state index is 11.2. The van der Waals surface area contributed by atoms with Gasteiger partial charge < -0.3 is 14.6 Å². The number of hydrogen-bond donors (Lipinski definition) is 1. The van der Waals surface area contributed by atoms with Crippen molar-refractivity contribution in [2.45, 2.75) is 19.9 Å². The Kier molecular flexibility index (Phi) is 4.20. The fourth-order valence-electron chi connectivity index (χ4n) is 1.59. The quantitative estimate of drug-likeness (QED) is 0.877. The lowest BCUT2D eigenvalue weighted by atomic mass is 10.2. The highest BCUT2D eigenvalue weighted by molar-refractivity contribution is 5.89. The van der Waals surface area contributed by atoms with Gasteiger partial charge in [-0.05, 0) is 26.0 Å². The van der Waals surface area contributed by atoms with Crippen LogP contribution in [0.2, 0.25) is 0 Å². The van der Waals surface area contributed by atoms with Crippen molar-refractivity contribution in [3.05, 3.63) is 18.2 Å². The van der Waals surface area contributed by atoms with Crippen LogP contribution in [0.1, 0.15) is 13.8 Å². The van der Waals surface area contributed by atoms with Crippen molar-refractivity contribution in [2.24, 2.45) is 0 Å². The van der Waals surface area contributed by atoms with Crippen molar-refractivity contribution < 1.29 is 19.4 Å². The summed E-state index contributed by atoms with van der Waals surface area (Å²) >= 11 is 0. The van der Waals surface area contributed by atoms with Gasteiger partial charge in [-0.25, -0.2) is 4.79 Å². The van der Waals surface area contributed by atoms with Gasteiger partial charge in [0.25, 0.3) is 0 Å². The molecule has 0 fully saturated rings. The Balaban J connectivity index is 3.28. The average Bonchev–Trinajstić information content (AvgIpc) is 2.28. The summed E-state index contributed by atoms with van der Waals surface area (Å²) in [6.07, 6.45) is -1.02. The first kappa shape index (κ1) is 13.2. The lowest BCUT2D eigenvalue weighted by Crippen LogP contribution is -2.35. The summed E-state index contributed by atoms with van der Waals surface area (Å²) in [6.45, 7) is 3.60. The van der Waals surface area contributed by atoms with Crippen LogP contribution in [-0.4, -0.2) is 31.5 Å². The van der Waals surface area contributed by atoms with Crippen LogP contribution in [0.15, 0.2) is 18.2 Å². The molecule has 1 aromatic carbocycles. The molecule has 94 valence electrons. The largest absolute Gasteiger partial charge is 0.497 e. The molecule has 0 aliphatic rings. The summed E-state index contributed by atoms with van der Waals surface area (Å²) in [5.74, 6) is 1.09. The topological polar surface area (TPSA) is 59.0 Å². The van der Waals surface area contributed by atoms with Crippen molar-refractivity contribution in [3.8, 4) is 11.5 Å². The van der Waals surface area contributed by atoms with E-state index >= 15 is 0 Å². The average molecular weight is 239 g/mol. The van der Waals surface area contributed by atoms with E-state index in [0.29, 0.717) is 17.2 Å². The first-order chi connectivity index (χ1) is 8.01. The fraction of sp³-hybridized carbons (Fsp3) is 0.417. The molecule has 0 saturated heterocycles. The van der Waals surface area contributed by atoms with E-state index in [1.54, 1.807) is 32.0 Å². The molecule has 0 saturated carbocycles. The Hall–Kier alpha value is -1.91. The van der Waals surface area contributed by atoms with Gasteiger partial charge in [0.05, 0.1) is 19.9 Å². The highest BCUT2D eigenvalue weighted by Crippen LogP contribution is 2.33. The number of hydrogen-bond acceptors (Lipinski definition) is 3. The molecular formula is C12H17NO4. The van der Waals surface area contributed by atoms with Crippen molar-refractivity contribution >= 4 is 11.8 Å². The van der Waals surface area contributed by atoms with Gasteiger partial charge in [0, 0.05) is 12.1 Å². The minimum atomic E-state index is -1.02. The highest BCUT2D eigenvalue weighted by atomic mass is 16.5. The Morgan fingerprint density at radius 1 is 1.29 bits per heavy atom. The Morgan fingerprint density at radius 2 is 1.94 bits per heavy atom. The number of benzene rings is 1. The lowest BCUT2D eigenvalue weighted by Gasteiger charge is -2.25. The molecule has 1 amide bonds. The minimum Gasteiger partial charge on any atom is -0.497 e. The molecule has 0 unspecified atom stereocenters. The zero-order valence-corrected chi connectivity index (χ0v) is 10.4. The number of rotatable bonds is 4. The third-order valence-electron chi connectivity index (χ3n) is 2.37. The molecule has 0 spiro atoms. The van der Waals surface area contributed by atoms with Gasteiger partial charge in [0.15, 0.2) is 0 Å². The van der Waals surface area contributed by atoms with Crippen LogP contribution >= 0.6 is 0 Å². The summed E-state index contributed by atoms with van der Waals surface area (Å²) in [6, 6.07) is 4.87. The summed E-state index contributed by atoms with van der Waals surface area (Å²) in [7, 11) is 3.04. The van der Waals surface area contributed by atoms with Crippen LogP contribution in [0, 0.1) is 0 Å². The number of methoxy groups -OCH3 is 2. The van der Waals surface area contributed by atoms with Crippen LogP contribution in [0.3, 0.4) is 0 Å². The number of anilines is 1. The predicted octanol–water partition coefficient (Wildman–Crippen LogP) is 2.60. The second kappa shape index (κ2) is 5.43. The standard InChI is InChI=1S/C12H17NO4/c1-8(2)13(12(14)15)10-7-9(16-3)5-6-11(10)17-4/h5-8H,1-4H3,(H,14,15). The molecule has 5 nitrogen and oxygen atoms in total. The zero-order chi connectivity index (χ0) is 13.0. The summed E-state index contributed by atoms with van der Waals surface area (Å²) in [5, 5.41) is 9.21. The SMILES string of the molecule is COc1ccc(OC)c(N(C(=O)O)C(C)C)c1. The second-order valence-electron chi connectivity index (χ2n) is 3.78. The molecule has 1 aromatic rings. The molecule has 0 aromatic heterocycles. The van der Waals surface area contributed by atoms with Crippen molar-refractivity contribution in [1.29, 1.82) is 0 Å². The van der Waals surface area contributed by atoms with E-state index in [1.165, 1.54) is 19.1 Å². The fourth-order valence-corrected chi connectivity index (χ4v) is 1.59. The molecule has 0 bridgehead atoms. The highest BCUT2D eigenvalue weighted by Gasteiger charge is 2.22. The second-order valence-corrected chi connectivity index (χ2v) is 3.78. The Labute approximate surface area is 101 Å². The Bertz CT molecular complexity index is 403. The predicted molar refractivity (Wildman–Crippen MR) is 65.2 cm³/mol. The van der Waals surface area contributed by atoms with Gasteiger partial charge in [-0.3, -0.25) is 4.90 Å². The summed E-state index contributed by atoms with van der Waals surface area (Å²) in [5.41, 5.74) is 0.481. The van der Waals surface area contributed by atoms with Crippen LogP contribution in [0.25, 0.3) is 0 Å². The van der Waals surface area contributed by atoms with Crippen LogP contribution in [-0.2, 0) is 0 Å². The van der Waals surface area contributed by atoms with Crippen LogP contribution in [0.4, 0.5) is 10.5 Å². The summed E-state index contributed by atoms with van der Waals surface area (Å²) < 4.78 is 10.3. The van der Waals surface area contributed by atoms with Crippen LogP contribution in [0.5, 0.6) is 11.5 Å². The van der Waals surface area contributed by atoms with Gasteiger partial charge in [0.2, 0.25) is 0 Å². The van der Waals surface area contributed by atoms with Gasteiger partial charge in [-0.1, -0.05) is 0 Å². The number of carboxylic acid groups (broad SMARTS) is 1. The van der Waals surface area contributed by atoms with Gasteiger partial charge >= 0.3 is 6.09 Å². The molecule has 0 aliphatic carbocycles. The van der Waals surface area contributed by atoms with E-state index < -0.39 is 6.09 Å². The normalized spacial score (nSPS) is 10.2. The number of nitrogens with zero attached hydrogens (tertiary/aromatic N) is 1. The van der Waals surface area contributed by atoms with Crippen molar-refractivity contribution in [3.63, 3.8) is 0 Å². The molecule has 1 N–H and O–H groups in total. The van der Waals surface area contributed by atoms with Gasteiger partial charge in [-0.2, -0.15) is 0 Å². The number of carbonyl (C=O) groups is 1. The van der Waals surface area contributed by atoms with Crippen LogP contribution < -0.4 is 14.4 Å². The molecule has 5 heteroatoms. The molecule has 0 atom stereocenters. The molecular weight excluding hydrogens is 222 g/mol. The molecule has 0 aliphatic heterocycles. The molecule has 0 heterocycles. The maximum absolute atomic E-state index is 11.2. The van der Waals surface area contributed by atoms with Crippen molar-refractivity contribution in [1.82, 2.24) is 0 Å². The van der Waals surface area contributed by atoms with E-state index in [2.05, 4.69) is 0 Å². The van der Waals surface area contributed by atoms with E-state index in [-0.39, 0.29) is 6.04 Å². The number of amides is 1. The third kappa shape index (κ3) is 2.81. The lowest BCUT2D eigenvalue weighted by molar-refractivity contribution is 0.199. The van der Waals surface area contributed by atoms with E-state index in [0.717, 1.165) is 0 Å². The Morgan fingerprint density at radius 3 is 2.35 bits per heavy atom. The number of ether oxygens (including phenoxy) is 2. The maximum Gasteiger partial charge on any atom is 0.412 e. The van der Waals surface area contributed by atoms with Gasteiger partial charge in [-0.15, -0.1) is 0 Å². The first-order valence-electron chi connectivity index (χ1n) is 5.25. The van der Waals surface area contributed by atoms with Crippen molar-refractivity contribution in [2.75, 3.05) is 19.1 Å². The van der Waals surface area contributed by atoms with Gasteiger partial charge in [0.1, 0.15) is 11.5 Å². The third-order valence-corrected chi connectivity index (χ3v) is 2.37. The molecule has 1 rings (SSSR count). The van der Waals surface area contributed by atoms with E-state index in [9.17, 15) is 9.90 Å². The monoisotopic (exact) mass is 239 g/mol. The van der Waals surface area contributed by atoms with E-state index in [1.807, 2.05) is 0 Å². The molecule has 0 radical (unpaired) electrons. The zero-order valence-electron chi connectivity index (χ0n) is 10.4.